The second-order valence-corrected chi connectivity index (χ2v) is 6.45. The summed E-state index contributed by atoms with van der Waals surface area (Å²) in [6.07, 6.45) is 4.07. The molecule has 5 nitrogen and oxygen atoms in total. The molecule has 0 aromatic rings. The number of nitrogens with zero attached hydrogens (tertiary/aromatic N) is 1. The van der Waals surface area contributed by atoms with E-state index in [-0.39, 0.29) is 24.2 Å². The average Bonchev–Trinajstić information content (AvgIpc) is 2.36. The van der Waals surface area contributed by atoms with Crippen LogP contribution in [0.25, 0.3) is 0 Å². The third kappa shape index (κ3) is 3.64. The summed E-state index contributed by atoms with van der Waals surface area (Å²) in [4.78, 5) is 13.9. The quantitative estimate of drug-likeness (QED) is 0.823. The van der Waals surface area contributed by atoms with Gasteiger partial charge < -0.3 is 15.2 Å². The molecule has 0 radical (unpaired) electrons. The van der Waals surface area contributed by atoms with Crippen LogP contribution in [0.15, 0.2) is 0 Å². The van der Waals surface area contributed by atoms with Crippen molar-refractivity contribution in [3.8, 4) is 0 Å². The van der Waals surface area contributed by atoms with Crippen molar-refractivity contribution in [1.82, 2.24) is 10.2 Å². The fourth-order valence-electron chi connectivity index (χ4n) is 3.41. The maximum absolute atomic E-state index is 11.4. The van der Waals surface area contributed by atoms with Crippen molar-refractivity contribution < 1.29 is 14.6 Å². The molecule has 1 saturated heterocycles. The first kappa shape index (κ1) is 15.6. The summed E-state index contributed by atoms with van der Waals surface area (Å²) in [6.45, 7) is 5.91. The Labute approximate surface area is 121 Å². The third-order valence-corrected chi connectivity index (χ3v) is 5.11. The smallest absolute Gasteiger partial charge is 0.407 e. The van der Waals surface area contributed by atoms with E-state index in [1.807, 2.05) is 6.92 Å². The van der Waals surface area contributed by atoms with E-state index in [2.05, 4.69) is 17.1 Å². The molecule has 1 aliphatic heterocycles. The highest BCUT2D eigenvalue weighted by atomic mass is 16.5. The fourth-order valence-corrected chi connectivity index (χ4v) is 3.41. The van der Waals surface area contributed by atoms with Crippen LogP contribution in [0.4, 0.5) is 4.79 Å². The van der Waals surface area contributed by atoms with Gasteiger partial charge in [-0.1, -0.05) is 6.42 Å². The third-order valence-electron chi connectivity index (χ3n) is 5.11. The number of carbonyl (C=O) groups excluding carboxylic acids is 1. The SMILES string of the molecule is COC(=O)NC1CC(C(C)O)CN(C(C)C2CCC2)C1. The molecular formula is C15H28N2O3. The molecule has 2 fully saturated rings. The lowest BCUT2D eigenvalue weighted by atomic mass is 9.78. The van der Waals surface area contributed by atoms with Gasteiger partial charge in [0, 0.05) is 25.2 Å². The number of rotatable bonds is 4. The number of hydrogen-bond acceptors (Lipinski definition) is 4. The van der Waals surface area contributed by atoms with Crippen LogP contribution in [-0.4, -0.2) is 54.5 Å². The van der Waals surface area contributed by atoms with Gasteiger partial charge in [0.15, 0.2) is 0 Å². The zero-order valence-corrected chi connectivity index (χ0v) is 12.8. The Kier molecular flexibility index (Phi) is 5.27. The van der Waals surface area contributed by atoms with Crippen molar-refractivity contribution in [2.75, 3.05) is 20.2 Å². The van der Waals surface area contributed by atoms with E-state index in [9.17, 15) is 9.90 Å². The first-order valence-electron chi connectivity index (χ1n) is 7.77. The molecule has 0 spiro atoms. The average molecular weight is 284 g/mol. The monoisotopic (exact) mass is 284 g/mol. The summed E-state index contributed by atoms with van der Waals surface area (Å²) in [5.74, 6) is 0.995. The van der Waals surface area contributed by atoms with Gasteiger partial charge in [-0.2, -0.15) is 0 Å². The van der Waals surface area contributed by atoms with Crippen LogP contribution in [0, 0.1) is 11.8 Å². The van der Waals surface area contributed by atoms with Gasteiger partial charge in [0.05, 0.1) is 13.2 Å². The van der Waals surface area contributed by atoms with Gasteiger partial charge in [0.1, 0.15) is 0 Å². The summed E-state index contributed by atoms with van der Waals surface area (Å²) in [7, 11) is 1.39. The number of piperidine rings is 1. The molecule has 116 valence electrons. The largest absolute Gasteiger partial charge is 0.453 e. The lowest BCUT2D eigenvalue weighted by molar-refractivity contribution is 0.00869. The number of ether oxygens (including phenoxy) is 1. The topological polar surface area (TPSA) is 61.8 Å². The van der Waals surface area contributed by atoms with Gasteiger partial charge in [-0.25, -0.2) is 4.79 Å². The van der Waals surface area contributed by atoms with Crippen molar-refractivity contribution in [3.63, 3.8) is 0 Å². The molecular weight excluding hydrogens is 256 g/mol. The Bertz CT molecular complexity index is 331. The van der Waals surface area contributed by atoms with Crippen molar-refractivity contribution in [2.24, 2.45) is 11.8 Å². The minimum absolute atomic E-state index is 0.0679. The molecule has 4 atom stereocenters. The number of carbonyl (C=O) groups is 1. The van der Waals surface area contributed by atoms with Crippen molar-refractivity contribution in [2.45, 2.75) is 57.7 Å². The van der Waals surface area contributed by atoms with Crippen molar-refractivity contribution in [3.05, 3.63) is 0 Å². The number of amides is 1. The molecule has 0 aromatic heterocycles. The molecule has 1 aliphatic carbocycles. The standard InChI is InChI=1S/C15H28N2O3/c1-10(12-5-4-6-12)17-8-13(11(2)18)7-14(9-17)16-15(19)20-3/h10-14,18H,4-9H2,1-3H3,(H,16,19). The Morgan fingerprint density at radius 3 is 2.50 bits per heavy atom. The van der Waals surface area contributed by atoms with Gasteiger partial charge in [-0.05, 0) is 44.9 Å². The zero-order valence-electron chi connectivity index (χ0n) is 12.8. The van der Waals surface area contributed by atoms with Crippen molar-refractivity contribution in [1.29, 1.82) is 0 Å². The van der Waals surface area contributed by atoms with Crippen LogP contribution in [0.2, 0.25) is 0 Å². The Morgan fingerprint density at radius 1 is 1.30 bits per heavy atom. The lowest BCUT2D eigenvalue weighted by Crippen LogP contribution is -2.56. The van der Waals surface area contributed by atoms with E-state index >= 15 is 0 Å². The molecule has 1 heterocycles. The van der Waals surface area contributed by atoms with Gasteiger partial charge in [0.25, 0.3) is 0 Å². The molecule has 4 unspecified atom stereocenters. The second kappa shape index (κ2) is 6.76. The molecule has 1 amide bonds. The minimum atomic E-state index is -0.377. The molecule has 1 saturated carbocycles. The van der Waals surface area contributed by atoms with E-state index < -0.39 is 0 Å². The van der Waals surface area contributed by atoms with Gasteiger partial charge in [-0.15, -0.1) is 0 Å². The second-order valence-electron chi connectivity index (χ2n) is 6.45. The highest BCUT2D eigenvalue weighted by molar-refractivity contribution is 5.67. The molecule has 0 aromatic carbocycles. The maximum atomic E-state index is 11.4. The predicted octanol–water partition coefficient (Wildman–Crippen LogP) is 1.60. The highest BCUT2D eigenvalue weighted by Crippen LogP contribution is 2.34. The van der Waals surface area contributed by atoms with Gasteiger partial charge in [0.2, 0.25) is 0 Å². The van der Waals surface area contributed by atoms with E-state index in [4.69, 9.17) is 4.74 Å². The first-order chi connectivity index (χ1) is 9.51. The minimum Gasteiger partial charge on any atom is -0.453 e. The number of aliphatic hydroxyl groups is 1. The number of hydrogen-bond donors (Lipinski definition) is 2. The zero-order chi connectivity index (χ0) is 14.7. The van der Waals surface area contributed by atoms with Crippen LogP contribution in [0.1, 0.15) is 39.5 Å². The molecule has 2 aliphatic rings. The number of nitrogens with one attached hydrogen (secondary N) is 1. The van der Waals surface area contributed by atoms with Crippen LogP contribution in [-0.2, 0) is 4.74 Å². The number of likely N-dealkylation sites (tertiary alicyclic amines) is 1. The van der Waals surface area contributed by atoms with Crippen molar-refractivity contribution >= 4 is 6.09 Å². The first-order valence-corrected chi connectivity index (χ1v) is 7.77. The highest BCUT2D eigenvalue weighted by Gasteiger charge is 2.36. The Balaban J connectivity index is 1.97. The Morgan fingerprint density at radius 2 is 2.00 bits per heavy atom. The van der Waals surface area contributed by atoms with Gasteiger partial charge >= 0.3 is 6.09 Å². The summed E-state index contributed by atoms with van der Waals surface area (Å²) in [5.41, 5.74) is 0. The molecule has 2 N–H and O–H groups in total. The van der Waals surface area contributed by atoms with Crippen LogP contribution >= 0.6 is 0 Å². The summed E-state index contributed by atoms with van der Waals surface area (Å²) in [5, 5.41) is 12.8. The number of alkyl carbamates (subject to hydrolysis) is 1. The Hall–Kier alpha value is -0.810. The van der Waals surface area contributed by atoms with E-state index in [1.54, 1.807) is 0 Å². The lowest BCUT2D eigenvalue weighted by Gasteiger charge is -2.46. The van der Waals surface area contributed by atoms with Gasteiger partial charge in [-0.3, -0.25) is 4.90 Å². The van der Waals surface area contributed by atoms with E-state index in [0.29, 0.717) is 6.04 Å². The normalized spacial score (nSPS) is 31.2. The van der Waals surface area contributed by atoms with E-state index in [1.165, 1.54) is 26.4 Å². The van der Waals surface area contributed by atoms with Crippen LogP contribution < -0.4 is 5.32 Å². The summed E-state index contributed by atoms with van der Waals surface area (Å²) >= 11 is 0. The fraction of sp³-hybridized carbons (Fsp3) is 0.933. The predicted molar refractivity (Wildman–Crippen MR) is 77.5 cm³/mol. The molecule has 20 heavy (non-hydrogen) atoms. The summed E-state index contributed by atoms with van der Waals surface area (Å²) < 4.78 is 4.69. The van der Waals surface area contributed by atoms with Crippen LogP contribution in [0.5, 0.6) is 0 Å². The molecule has 2 rings (SSSR count). The van der Waals surface area contributed by atoms with E-state index in [0.717, 1.165) is 25.4 Å². The molecule has 5 heteroatoms. The van der Waals surface area contributed by atoms with Crippen LogP contribution in [0.3, 0.4) is 0 Å². The number of methoxy groups -OCH3 is 1. The molecule has 0 bridgehead atoms. The number of aliphatic hydroxyl groups excluding tert-OH is 1. The summed E-state index contributed by atoms with van der Waals surface area (Å²) in [6, 6.07) is 0.602. The maximum Gasteiger partial charge on any atom is 0.407 e.